The molecule has 3 saturated heterocycles. The van der Waals surface area contributed by atoms with E-state index in [1.54, 1.807) is 25.4 Å². The van der Waals surface area contributed by atoms with Gasteiger partial charge in [0.25, 0.3) is 11.8 Å². The van der Waals surface area contributed by atoms with Crippen molar-refractivity contribution in [2.24, 2.45) is 5.92 Å². The number of carboxylic acid groups (broad SMARTS) is 1. The highest BCUT2D eigenvalue weighted by Gasteiger charge is 2.45. The molecule has 4 fully saturated rings. The maximum atomic E-state index is 13.3. The number of piperazine rings is 1. The van der Waals surface area contributed by atoms with Gasteiger partial charge in [0.15, 0.2) is 0 Å². The first kappa shape index (κ1) is 42.3. The second-order valence-electron chi connectivity index (χ2n) is 16.5. The second-order valence-corrected chi connectivity index (χ2v) is 16.5. The summed E-state index contributed by atoms with van der Waals surface area (Å²) in [6.45, 7) is 6.40. The number of imide groups is 2. The number of carbonyl (C=O) groups excluding carboxylic acids is 4. The van der Waals surface area contributed by atoms with Crippen molar-refractivity contribution >= 4 is 63.5 Å². The molecule has 5 aromatic rings. The van der Waals surface area contributed by atoms with E-state index in [0.29, 0.717) is 29.0 Å². The Labute approximate surface area is 364 Å². The van der Waals surface area contributed by atoms with Crippen molar-refractivity contribution < 1.29 is 47.0 Å². The number of aliphatic carboxylic acids is 1. The van der Waals surface area contributed by atoms with Crippen LogP contribution in [-0.4, -0.2) is 124 Å². The van der Waals surface area contributed by atoms with E-state index < -0.39 is 35.9 Å². The molecule has 3 N–H and O–H groups in total. The Hall–Kier alpha value is -7.02. The van der Waals surface area contributed by atoms with Crippen molar-refractivity contribution in [3.05, 3.63) is 90.3 Å². The number of hydrogen-bond acceptors (Lipinski definition) is 12. The Bertz CT molecular complexity index is 2670. The van der Waals surface area contributed by atoms with E-state index in [1.165, 1.54) is 23.7 Å². The van der Waals surface area contributed by atoms with Crippen LogP contribution in [0.5, 0.6) is 5.75 Å². The molecule has 332 valence electrons. The first-order valence-electron chi connectivity index (χ1n) is 21.0. The SMILES string of the molecule is COc1cc(N2CCN(CC3CN(c4ccc5c(c4)C(=O)N(C4CCC(=O)NC4=O)C5=O)C3)CC2)ccc1Nc1nccc(-c2cn(C3CC3)c3ccccc23)n1.O=C(O)C(F)(F)F. The fraction of sp³-hybridized carbons (Fsp3) is 0.356. The molecule has 4 aliphatic heterocycles. The number of alkyl halides is 3. The monoisotopic (exact) mass is 879 g/mol. The van der Waals surface area contributed by atoms with Crippen LogP contribution in [0.3, 0.4) is 0 Å². The first-order chi connectivity index (χ1) is 30.7. The molecular weight excluding hydrogens is 836 g/mol. The topological polar surface area (TPSA) is 183 Å². The van der Waals surface area contributed by atoms with Gasteiger partial charge in [0, 0.05) is 110 Å². The lowest BCUT2D eigenvalue weighted by Gasteiger charge is -2.45. The van der Waals surface area contributed by atoms with Crippen molar-refractivity contribution in [2.75, 3.05) is 68.0 Å². The quantitative estimate of drug-likeness (QED) is 0.150. The second kappa shape index (κ2) is 16.9. The number of amides is 4. The third-order valence-electron chi connectivity index (χ3n) is 12.3. The lowest BCUT2D eigenvalue weighted by molar-refractivity contribution is -0.192. The summed E-state index contributed by atoms with van der Waals surface area (Å²) in [7, 11) is 1.68. The van der Waals surface area contributed by atoms with E-state index in [-0.39, 0.29) is 18.7 Å². The van der Waals surface area contributed by atoms with E-state index >= 15 is 0 Å². The van der Waals surface area contributed by atoms with Gasteiger partial charge < -0.3 is 29.5 Å². The highest BCUT2D eigenvalue weighted by atomic mass is 19.4. The van der Waals surface area contributed by atoms with Gasteiger partial charge >= 0.3 is 12.1 Å². The van der Waals surface area contributed by atoms with Crippen LogP contribution in [0.4, 0.5) is 36.2 Å². The molecule has 16 nitrogen and oxygen atoms in total. The molecule has 1 saturated carbocycles. The standard InChI is InChI=1S/C43H43N9O5.C2HF3O2/c1-57-38-21-29(9-11-35(38)46-43-44-15-14-34(45-43)33-25-51(27-6-7-27)36-5-3-2-4-30(33)36)49-18-16-48(17-19-49)22-26-23-50(24-26)28-8-10-31-32(20-28)42(56)52(41(31)55)37-12-13-39(53)47-40(37)54;3-2(4,5)1(6)7/h2-5,8-11,14-15,20-21,25-27,37H,6-7,12-13,16-19,22-24H2,1H3,(H,44,45,46)(H,47,53,54);(H,6,7). The molecule has 1 aliphatic carbocycles. The van der Waals surface area contributed by atoms with Gasteiger partial charge in [-0.1, -0.05) is 18.2 Å². The van der Waals surface area contributed by atoms with Crippen LogP contribution in [0.2, 0.25) is 0 Å². The summed E-state index contributed by atoms with van der Waals surface area (Å²) in [5.74, 6) is -2.97. The number of rotatable bonds is 10. The number of nitrogens with zero attached hydrogens (tertiary/aromatic N) is 7. The zero-order valence-corrected chi connectivity index (χ0v) is 34.7. The Balaban J connectivity index is 0.000000686. The number of fused-ring (bicyclic) bond motifs is 2. The van der Waals surface area contributed by atoms with Crippen molar-refractivity contribution in [3.8, 4) is 17.0 Å². The molecule has 10 rings (SSSR count). The van der Waals surface area contributed by atoms with Crippen LogP contribution in [0.25, 0.3) is 22.2 Å². The molecular formula is C45H44F3N9O7. The van der Waals surface area contributed by atoms with Crippen LogP contribution < -0.4 is 25.2 Å². The molecule has 6 heterocycles. The van der Waals surface area contributed by atoms with Crippen molar-refractivity contribution in [3.63, 3.8) is 0 Å². The molecule has 3 aromatic carbocycles. The van der Waals surface area contributed by atoms with Gasteiger partial charge in [-0.2, -0.15) is 13.2 Å². The molecule has 0 spiro atoms. The average Bonchev–Trinajstić information content (AvgIpc) is 4.00. The number of nitrogens with one attached hydrogen (secondary N) is 2. The number of carbonyl (C=O) groups is 5. The van der Waals surface area contributed by atoms with E-state index in [4.69, 9.17) is 19.6 Å². The summed E-state index contributed by atoms with van der Waals surface area (Å²) < 4.78 is 40.0. The van der Waals surface area contributed by atoms with Gasteiger partial charge in [0.05, 0.1) is 29.6 Å². The fourth-order valence-corrected chi connectivity index (χ4v) is 8.84. The normalized spacial score (nSPS) is 19.2. The highest BCUT2D eigenvalue weighted by Crippen LogP contribution is 2.41. The number of methoxy groups -OCH3 is 1. The summed E-state index contributed by atoms with van der Waals surface area (Å²) in [5, 5.41) is 14.0. The first-order valence-corrected chi connectivity index (χ1v) is 21.0. The van der Waals surface area contributed by atoms with Gasteiger partial charge in [0.2, 0.25) is 17.8 Å². The molecule has 4 amide bonds. The van der Waals surface area contributed by atoms with Crippen molar-refractivity contribution in [1.29, 1.82) is 0 Å². The zero-order valence-electron chi connectivity index (χ0n) is 34.7. The molecule has 2 aromatic heterocycles. The van der Waals surface area contributed by atoms with E-state index in [9.17, 15) is 32.3 Å². The Morgan fingerprint density at radius 3 is 2.28 bits per heavy atom. The minimum absolute atomic E-state index is 0.0975. The third-order valence-corrected chi connectivity index (χ3v) is 12.3. The van der Waals surface area contributed by atoms with Gasteiger partial charge in [-0.25, -0.2) is 14.8 Å². The van der Waals surface area contributed by atoms with Crippen LogP contribution in [0.1, 0.15) is 52.4 Å². The average molecular weight is 880 g/mol. The third kappa shape index (κ3) is 8.41. The van der Waals surface area contributed by atoms with Crippen LogP contribution >= 0.6 is 0 Å². The number of benzene rings is 3. The number of ether oxygens (including phenoxy) is 1. The Morgan fingerprint density at radius 2 is 1.58 bits per heavy atom. The Morgan fingerprint density at radius 1 is 0.875 bits per heavy atom. The summed E-state index contributed by atoms with van der Waals surface area (Å²) in [4.78, 5) is 76.9. The summed E-state index contributed by atoms with van der Waals surface area (Å²) in [6.07, 6.45) is 1.62. The van der Waals surface area contributed by atoms with Gasteiger partial charge in [-0.15, -0.1) is 0 Å². The summed E-state index contributed by atoms with van der Waals surface area (Å²) in [5.41, 5.74) is 6.65. The smallest absolute Gasteiger partial charge is 0.490 e. The fourth-order valence-electron chi connectivity index (χ4n) is 8.84. The maximum absolute atomic E-state index is 13.3. The molecule has 64 heavy (non-hydrogen) atoms. The van der Waals surface area contributed by atoms with E-state index in [1.807, 2.05) is 18.2 Å². The number of para-hydroxylation sites is 1. The number of halogens is 3. The minimum atomic E-state index is -5.08. The zero-order chi connectivity index (χ0) is 44.9. The molecule has 1 atom stereocenters. The van der Waals surface area contributed by atoms with Crippen LogP contribution in [0.15, 0.2) is 79.1 Å². The Kier molecular flexibility index (Phi) is 11.2. The number of anilines is 4. The number of carboxylic acids is 1. The molecule has 19 heteroatoms. The molecule has 1 unspecified atom stereocenters. The molecule has 5 aliphatic rings. The summed E-state index contributed by atoms with van der Waals surface area (Å²) >= 11 is 0. The number of aromatic nitrogens is 3. The van der Waals surface area contributed by atoms with Crippen LogP contribution in [-0.2, 0) is 14.4 Å². The number of hydrogen-bond donors (Lipinski definition) is 3. The highest BCUT2D eigenvalue weighted by molar-refractivity contribution is 6.23. The molecule has 0 radical (unpaired) electrons. The van der Waals surface area contributed by atoms with Gasteiger partial charge in [-0.3, -0.25) is 34.3 Å². The maximum Gasteiger partial charge on any atom is 0.490 e. The predicted molar refractivity (Wildman–Crippen MR) is 229 cm³/mol. The van der Waals surface area contributed by atoms with Crippen molar-refractivity contribution in [1.82, 2.24) is 29.7 Å². The lowest BCUT2D eigenvalue weighted by Crippen LogP contribution is -2.55. The van der Waals surface area contributed by atoms with Crippen LogP contribution in [0, 0.1) is 5.92 Å². The predicted octanol–water partition coefficient (Wildman–Crippen LogP) is 5.48. The number of piperidine rings is 1. The van der Waals surface area contributed by atoms with Gasteiger partial charge in [0.1, 0.15) is 11.8 Å². The summed E-state index contributed by atoms with van der Waals surface area (Å²) in [6, 6.07) is 21.7. The van der Waals surface area contributed by atoms with E-state index in [2.05, 4.69) is 77.5 Å². The largest absolute Gasteiger partial charge is 0.494 e. The van der Waals surface area contributed by atoms with Crippen molar-refractivity contribution in [2.45, 2.75) is 43.9 Å². The lowest BCUT2D eigenvalue weighted by atomic mass is 9.97. The minimum Gasteiger partial charge on any atom is -0.494 e. The van der Waals surface area contributed by atoms with Gasteiger partial charge in [-0.05, 0) is 61.7 Å². The molecule has 0 bridgehead atoms. The van der Waals surface area contributed by atoms with E-state index in [0.717, 1.165) is 84.8 Å².